The first-order chi connectivity index (χ1) is 10.8. The summed E-state index contributed by atoms with van der Waals surface area (Å²) in [5.74, 6) is -0.00248. The number of carbonyl (C=O) groups is 1. The largest absolute Gasteiger partial charge is 0.336 e. The average molecular weight is 338 g/mol. The molecule has 0 bridgehead atoms. The van der Waals surface area contributed by atoms with Gasteiger partial charge in [0.15, 0.2) is 0 Å². The summed E-state index contributed by atoms with van der Waals surface area (Å²) in [6, 6.07) is 6.35. The predicted octanol–water partition coefficient (Wildman–Crippen LogP) is 2.78. The minimum atomic E-state index is -3.52. The standard InChI is InChI=1S/C17H26N2O3S/c1-4-15-7-5-6-12-19(15)17(20)14-8-10-16(11-9-14)23(21,22)18-13(2)3/h8-11,13,15,18H,4-7,12H2,1-3H3. The van der Waals surface area contributed by atoms with E-state index in [2.05, 4.69) is 11.6 Å². The van der Waals surface area contributed by atoms with E-state index in [1.807, 2.05) is 4.90 Å². The first-order valence-electron chi connectivity index (χ1n) is 8.28. The second-order valence-corrected chi connectivity index (χ2v) is 8.07. The Kier molecular flexibility index (Phi) is 5.81. The summed E-state index contributed by atoms with van der Waals surface area (Å²) in [6.45, 7) is 6.43. The van der Waals surface area contributed by atoms with Gasteiger partial charge in [-0.05, 0) is 63.8 Å². The quantitative estimate of drug-likeness (QED) is 0.898. The minimum Gasteiger partial charge on any atom is -0.336 e. The Bertz CT molecular complexity index is 638. The molecule has 1 amide bonds. The molecule has 1 heterocycles. The van der Waals surface area contributed by atoms with Crippen LogP contribution in [0.1, 0.15) is 56.8 Å². The van der Waals surface area contributed by atoms with Crippen molar-refractivity contribution in [2.24, 2.45) is 0 Å². The number of hydrogen-bond donors (Lipinski definition) is 1. The van der Waals surface area contributed by atoms with Crippen LogP contribution in [-0.2, 0) is 10.0 Å². The van der Waals surface area contributed by atoms with Gasteiger partial charge in [0.1, 0.15) is 0 Å². The van der Waals surface area contributed by atoms with E-state index in [-0.39, 0.29) is 16.8 Å². The maximum atomic E-state index is 12.7. The molecule has 1 aliphatic rings. The topological polar surface area (TPSA) is 66.5 Å². The van der Waals surface area contributed by atoms with Crippen LogP contribution in [0.15, 0.2) is 29.2 Å². The number of amides is 1. The Hall–Kier alpha value is -1.40. The third-order valence-corrected chi connectivity index (χ3v) is 5.84. The SMILES string of the molecule is CCC1CCCCN1C(=O)c1ccc(S(=O)(=O)NC(C)C)cc1. The molecule has 5 nitrogen and oxygen atoms in total. The first-order valence-corrected chi connectivity index (χ1v) is 9.77. The van der Waals surface area contributed by atoms with E-state index in [1.54, 1.807) is 26.0 Å². The van der Waals surface area contributed by atoms with Gasteiger partial charge in [0, 0.05) is 24.2 Å². The van der Waals surface area contributed by atoms with E-state index in [9.17, 15) is 13.2 Å². The number of sulfonamides is 1. The van der Waals surface area contributed by atoms with Crippen molar-refractivity contribution < 1.29 is 13.2 Å². The molecule has 1 aromatic rings. The van der Waals surface area contributed by atoms with Crippen molar-refractivity contribution in [3.8, 4) is 0 Å². The van der Waals surface area contributed by atoms with Gasteiger partial charge >= 0.3 is 0 Å². The van der Waals surface area contributed by atoms with Gasteiger partial charge in [0.25, 0.3) is 5.91 Å². The zero-order valence-electron chi connectivity index (χ0n) is 14.1. The summed E-state index contributed by atoms with van der Waals surface area (Å²) in [7, 11) is -3.52. The number of piperidine rings is 1. The fourth-order valence-corrected chi connectivity index (χ4v) is 4.26. The molecular weight excluding hydrogens is 312 g/mol. The second kappa shape index (κ2) is 7.45. The van der Waals surface area contributed by atoms with Crippen LogP contribution in [0.5, 0.6) is 0 Å². The lowest BCUT2D eigenvalue weighted by Crippen LogP contribution is -2.43. The number of rotatable bonds is 5. The number of nitrogens with one attached hydrogen (secondary N) is 1. The van der Waals surface area contributed by atoms with E-state index in [0.29, 0.717) is 11.6 Å². The summed E-state index contributed by atoms with van der Waals surface area (Å²) in [6.07, 6.45) is 4.21. The Morgan fingerprint density at radius 2 is 1.91 bits per heavy atom. The van der Waals surface area contributed by atoms with Crippen LogP contribution in [0, 0.1) is 0 Å². The molecule has 2 rings (SSSR count). The highest BCUT2D eigenvalue weighted by atomic mass is 32.2. The maximum Gasteiger partial charge on any atom is 0.254 e. The number of benzene rings is 1. The minimum absolute atomic E-state index is 0.00248. The summed E-state index contributed by atoms with van der Waals surface area (Å²) in [4.78, 5) is 14.8. The fourth-order valence-electron chi connectivity index (χ4n) is 3.01. The lowest BCUT2D eigenvalue weighted by atomic mass is 9.99. The van der Waals surface area contributed by atoms with Crippen LogP contribution >= 0.6 is 0 Å². The summed E-state index contributed by atoms with van der Waals surface area (Å²) < 4.78 is 26.8. The van der Waals surface area contributed by atoms with E-state index < -0.39 is 10.0 Å². The number of hydrogen-bond acceptors (Lipinski definition) is 3. The van der Waals surface area contributed by atoms with Crippen molar-refractivity contribution in [2.75, 3.05) is 6.54 Å². The molecule has 1 aliphatic heterocycles. The third-order valence-electron chi connectivity index (χ3n) is 4.16. The zero-order chi connectivity index (χ0) is 17.0. The van der Waals surface area contributed by atoms with Crippen molar-refractivity contribution >= 4 is 15.9 Å². The number of likely N-dealkylation sites (tertiary alicyclic amines) is 1. The molecule has 0 radical (unpaired) electrons. The van der Waals surface area contributed by atoms with Gasteiger partial charge in [-0.1, -0.05) is 6.92 Å². The van der Waals surface area contributed by atoms with Crippen molar-refractivity contribution in [3.63, 3.8) is 0 Å². The molecular formula is C17H26N2O3S. The third kappa shape index (κ3) is 4.32. The van der Waals surface area contributed by atoms with E-state index in [4.69, 9.17) is 0 Å². The van der Waals surface area contributed by atoms with E-state index >= 15 is 0 Å². The van der Waals surface area contributed by atoms with E-state index in [0.717, 1.165) is 25.8 Å². The zero-order valence-corrected chi connectivity index (χ0v) is 14.9. The van der Waals surface area contributed by atoms with Gasteiger partial charge < -0.3 is 4.90 Å². The van der Waals surface area contributed by atoms with Crippen LogP contribution in [0.4, 0.5) is 0 Å². The monoisotopic (exact) mass is 338 g/mol. The first kappa shape index (κ1) is 17.9. The molecule has 1 atom stereocenters. The van der Waals surface area contributed by atoms with Crippen LogP contribution in [0.2, 0.25) is 0 Å². The second-order valence-electron chi connectivity index (χ2n) is 6.36. The molecule has 1 aromatic carbocycles. The van der Waals surface area contributed by atoms with Crippen LogP contribution in [-0.4, -0.2) is 37.9 Å². The molecule has 0 aliphatic carbocycles. The molecule has 0 aromatic heterocycles. The maximum absolute atomic E-state index is 12.7. The predicted molar refractivity (Wildman–Crippen MR) is 90.9 cm³/mol. The highest BCUT2D eigenvalue weighted by Crippen LogP contribution is 2.22. The Labute approximate surface area is 139 Å². The van der Waals surface area contributed by atoms with Crippen LogP contribution in [0.25, 0.3) is 0 Å². The van der Waals surface area contributed by atoms with Gasteiger partial charge in [-0.25, -0.2) is 13.1 Å². The van der Waals surface area contributed by atoms with Gasteiger partial charge in [-0.3, -0.25) is 4.79 Å². The molecule has 1 unspecified atom stereocenters. The van der Waals surface area contributed by atoms with Crippen molar-refractivity contribution in [2.45, 2.75) is 63.4 Å². The molecule has 6 heteroatoms. The van der Waals surface area contributed by atoms with Crippen molar-refractivity contribution in [1.82, 2.24) is 9.62 Å². The lowest BCUT2D eigenvalue weighted by molar-refractivity contribution is 0.0608. The summed E-state index contributed by atoms with van der Waals surface area (Å²) in [5.41, 5.74) is 0.550. The number of nitrogens with zero attached hydrogens (tertiary/aromatic N) is 1. The van der Waals surface area contributed by atoms with Crippen LogP contribution in [0.3, 0.4) is 0 Å². The molecule has 1 N–H and O–H groups in total. The lowest BCUT2D eigenvalue weighted by Gasteiger charge is -2.35. The normalized spacial score (nSPS) is 19.1. The van der Waals surface area contributed by atoms with Gasteiger partial charge in [-0.15, -0.1) is 0 Å². The van der Waals surface area contributed by atoms with E-state index in [1.165, 1.54) is 18.6 Å². The van der Waals surface area contributed by atoms with Gasteiger partial charge in [-0.2, -0.15) is 0 Å². The molecule has 1 saturated heterocycles. The average Bonchev–Trinajstić information content (AvgIpc) is 2.53. The van der Waals surface area contributed by atoms with Crippen LogP contribution < -0.4 is 4.72 Å². The van der Waals surface area contributed by atoms with Crippen molar-refractivity contribution in [3.05, 3.63) is 29.8 Å². The summed E-state index contributed by atoms with van der Waals surface area (Å²) in [5, 5.41) is 0. The molecule has 1 fully saturated rings. The molecule has 0 saturated carbocycles. The smallest absolute Gasteiger partial charge is 0.254 e. The molecule has 128 valence electrons. The van der Waals surface area contributed by atoms with Crippen molar-refractivity contribution in [1.29, 1.82) is 0 Å². The fraction of sp³-hybridized carbons (Fsp3) is 0.588. The van der Waals surface area contributed by atoms with Gasteiger partial charge in [0.2, 0.25) is 10.0 Å². The number of carbonyl (C=O) groups excluding carboxylic acids is 1. The summed E-state index contributed by atoms with van der Waals surface area (Å²) >= 11 is 0. The molecule has 23 heavy (non-hydrogen) atoms. The highest BCUT2D eigenvalue weighted by molar-refractivity contribution is 7.89. The molecule has 0 spiro atoms. The highest BCUT2D eigenvalue weighted by Gasteiger charge is 2.26. The van der Waals surface area contributed by atoms with Gasteiger partial charge in [0.05, 0.1) is 4.90 Å². The Morgan fingerprint density at radius 3 is 2.48 bits per heavy atom. The Balaban J connectivity index is 2.17. The Morgan fingerprint density at radius 1 is 1.26 bits per heavy atom.